The molecule has 1 aromatic carbocycles. The molecule has 1 heterocycles. The van der Waals surface area contributed by atoms with Crippen molar-refractivity contribution < 1.29 is 0 Å². The highest BCUT2D eigenvalue weighted by atomic mass is 14.8. The van der Waals surface area contributed by atoms with Crippen LogP contribution in [0.25, 0.3) is 5.70 Å². The maximum Gasteiger partial charge on any atom is 0.112 e. The monoisotopic (exact) mass is 365 g/mol. The second-order valence-electron chi connectivity index (χ2n) is 8.05. The number of aryl methyl sites for hydroxylation is 1. The summed E-state index contributed by atoms with van der Waals surface area (Å²) < 4.78 is 0. The predicted octanol–water partition coefficient (Wildman–Crippen LogP) is 8.27. The van der Waals surface area contributed by atoms with Gasteiger partial charge >= 0.3 is 0 Å². The Morgan fingerprint density at radius 1 is 0.778 bits per heavy atom. The van der Waals surface area contributed by atoms with Crippen LogP contribution in [0, 0.1) is 0 Å². The summed E-state index contributed by atoms with van der Waals surface area (Å²) >= 11 is 0. The van der Waals surface area contributed by atoms with Gasteiger partial charge < -0.3 is 0 Å². The molecule has 2 rings (SSSR count). The van der Waals surface area contributed by atoms with Gasteiger partial charge in [0.05, 0.1) is 0 Å². The lowest BCUT2D eigenvalue weighted by Crippen LogP contribution is -1.90. The van der Waals surface area contributed by atoms with Crippen LogP contribution in [0.15, 0.2) is 35.5 Å². The number of benzene rings is 1. The molecule has 148 valence electrons. The van der Waals surface area contributed by atoms with Crippen molar-refractivity contribution in [1.82, 2.24) is 0 Å². The van der Waals surface area contributed by atoms with Gasteiger partial charge in [-0.05, 0) is 24.5 Å². The average molecular weight is 366 g/mol. The third kappa shape index (κ3) is 8.31. The molecule has 0 spiro atoms. The van der Waals surface area contributed by atoms with Crippen molar-refractivity contribution in [1.29, 1.82) is 0 Å². The molecule has 0 N–H and O–H groups in total. The van der Waals surface area contributed by atoms with Gasteiger partial charge in [0.2, 0.25) is 0 Å². The van der Waals surface area contributed by atoms with E-state index >= 15 is 0 Å². The van der Waals surface area contributed by atoms with E-state index < -0.39 is 0 Å². The maximum atomic E-state index is 4.35. The van der Waals surface area contributed by atoms with E-state index in [4.69, 9.17) is 0 Å². The number of hydrogen-bond donors (Lipinski definition) is 0. The zero-order valence-corrected chi connectivity index (χ0v) is 17.6. The number of unbranched alkanes of at least 4 members (excludes halogenated alkanes) is 13. The Hall–Kier alpha value is -1.59. The maximum absolute atomic E-state index is 4.35. The Labute approximate surface area is 167 Å². The fourth-order valence-electron chi connectivity index (χ4n) is 3.96. The second kappa shape index (κ2) is 13.6. The standard InChI is InChI=1S/C26H39N/c1-3-5-6-7-8-9-10-11-12-13-14-15-16-17-18-23-19-20-25-24(21-23)22-27-26(25)4-2/h19-22H,2-3,5-18H2,1H3. The Kier molecular flexibility index (Phi) is 10.9. The van der Waals surface area contributed by atoms with Crippen molar-refractivity contribution in [2.24, 2.45) is 4.99 Å². The molecule has 1 heteroatoms. The molecule has 0 atom stereocenters. The lowest BCUT2D eigenvalue weighted by atomic mass is 10.00. The third-order valence-electron chi connectivity index (χ3n) is 5.69. The molecule has 0 bridgehead atoms. The first-order chi connectivity index (χ1) is 13.3. The molecule has 1 nitrogen and oxygen atoms in total. The lowest BCUT2D eigenvalue weighted by Gasteiger charge is -2.05. The molecule has 1 aliphatic heterocycles. The Morgan fingerprint density at radius 2 is 1.33 bits per heavy atom. The summed E-state index contributed by atoms with van der Waals surface area (Å²) in [6.07, 6.45) is 23.0. The number of fused-ring (bicyclic) bond motifs is 1. The molecule has 0 unspecified atom stereocenters. The molecule has 0 saturated heterocycles. The summed E-state index contributed by atoms with van der Waals surface area (Å²) in [5.41, 5.74) is 7.62. The highest BCUT2D eigenvalue weighted by Gasteiger charge is 2.11. The SMILES string of the molecule is C=C=C1N=Cc2cc(CCCCCCCCCCCCCCCC)ccc21. The zero-order valence-electron chi connectivity index (χ0n) is 17.6. The molecule has 27 heavy (non-hydrogen) atoms. The summed E-state index contributed by atoms with van der Waals surface area (Å²) in [5.74, 6) is 0. The van der Waals surface area contributed by atoms with Crippen LogP contribution in [0.5, 0.6) is 0 Å². The van der Waals surface area contributed by atoms with E-state index in [-0.39, 0.29) is 0 Å². The van der Waals surface area contributed by atoms with Crippen LogP contribution in [0.1, 0.15) is 114 Å². The van der Waals surface area contributed by atoms with Crippen LogP contribution in [0.4, 0.5) is 0 Å². The summed E-state index contributed by atoms with van der Waals surface area (Å²) in [4.78, 5) is 4.35. The van der Waals surface area contributed by atoms with E-state index in [0.717, 1.165) is 5.70 Å². The molecule has 0 fully saturated rings. The topological polar surface area (TPSA) is 12.4 Å². The first kappa shape index (κ1) is 21.7. The molecule has 0 radical (unpaired) electrons. The molecular formula is C26H39N. The van der Waals surface area contributed by atoms with Gasteiger partial charge in [0.25, 0.3) is 0 Å². The molecular weight excluding hydrogens is 326 g/mol. The van der Waals surface area contributed by atoms with Gasteiger partial charge in [0.1, 0.15) is 5.70 Å². The molecule has 0 amide bonds. The van der Waals surface area contributed by atoms with Crippen LogP contribution in [0.2, 0.25) is 0 Å². The van der Waals surface area contributed by atoms with Crippen LogP contribution in [-0.2, 0) is 6.42 Å². The van der Waals surface area contributed by atoms with Gasteiger partial charge in [-0.15, -0.1) is 5.73 Å². The van der Waals surface area contributed by atoms with Crippen molar-refractivity contribution in [2.45, 2.75) is 103 Å². The normalized spacial score (nSPS) is 12.4. The van der Waals surface area contributed by atoms with E-state index in [9.17, 15) is 0 Å². The fourth-order valence-corrected chi connectivity index (χ4v) is 3.96. The van der Waals surface area contributed by atoms with E-state index in [1.54, 1.807) is 0 Å². The minimum Gasteiger partial charge on any atom is -0.247 e. The Morgan fingerprint density at radius 3 is 1.89 bits per heavy atom. The van der Waals surface area contributed by atoms with E-state index in [2.05, 4.69) is 42.4 Å². The quantitative estimate of drug-likeness (QED) is 0.219. The Balaban J connectivity index is 1.42. The van der Waals surface area contributed by atoms with Crippen LogP contribution in [-0.4, -0.2) is 6.21 Å². The summed E-state index contributed by atoms with van der Waals surface area (Å²) in [7, 11) is 0. The van der Waals surface area contributed by atoms with Gasteiger partial charge in [0, 0.05) is 17.3 Å². The number of nitrogens with zero attached hydrogens (tertiary/aromatic N) is 1. The van der Waals surface area contributed by atoms with Crippen molar-refractivity contribution in [3.05, 3.63) is 47.2 Å². The molecule has 0 aliphatic carbocycles. The van der Waals surface area contributed by atoms with Crippen molar-refractivity contribution in [3.63, 3.8) is 0 Å². The molecule has 0 saturated carbocycles. The minimum absolute atomic E-state index is 0.882. The number of rotatable bonds is 15. The van der Waals surface area contributed by atoms with E-state index in [1.807, 2.05) is 6.21 Å². The largest absolute Gasteiger partial charge is 0.247 e. The Bertz CT molecular complexity index is 619. The first-order valence-electron chi connectivity index (χ1n) is 11.4. The predicted molar refractivity (Wildman–Crippen MR) is 121 cm³/mol. The average Bonchev–Trinajstić information content (AvgIpc) is 3.10. The molecule has 0 aromatic heterocycles. The van der Waals surface area contributed by atoms with Crippen molar-refractivity contribution >= 4 is 11.9 Å². The zero-order chi connectivity index (χ0) is 19.2. The van der Waals surface area contributed by atoms with Crippen LogP contribution < -0.4 is 0 Å². The third-order valence-corrected chi connectivity index (χ3v) is 5.69. The molecule has 1 aromatic rings. The van der Waals surface area contributed by atoms with E-state index in [1.165, 1.54) is 113 Å². The minimum atomic E-state index is 0.882. The smallest absolute Gasteiger partial charge is 0.112 e. The fraction of sp³-hybridized carbons (Fsp3) is 0.615. The number of hydrogen-bond acceptors (Lipinski definition) is 1. The summed E-state index contributed by atoms with van der Waals surface area (Å²) in [6, 6.07) is 6.70. The van der Waals surface area contributed by atoms with Crippen LogP contribution >= 0.6 is 0 Å². The summed E-state index contributed by atoms with van der Waals surface area (Å²) in [5, 5.41) is 0. The van der Waals surface area contributed by atoms with Gasteiger partial charge in [-0.2, -0.15) is 0 Å². The second-order valence-corrected chi connectivity index (χ2v) is 8.05. The molecule has 1 aliphatic rings. The van der Waals surface area contributed by atoms with E-state index in [0.29, 0.717) is 0 Å². The first-order valence-corrected chi connectivity index (χ1v) is 11.4. The highest BCUT2D eigenvalue weighted by molar-refractivity contribution is 5.97. The highest BCUT2D eigenvalue weighted by Crippen LogP contribution is 2.25. The van der Waals surface area contributed by atoms with Gasteiger partial charge in [-0.3, -0.25) is 0 Å². The summed E-state index contributed by atoms with van der Waals surface area (Å²) in [6.45, 7) is 6.00. The van der Waals surface area contributed by atoms with Gasteiger partial charge in [-0.25, -0.2) is 4.99 Å². The number of aliphatic imine (C=N–C) groups is 1. The van der Waals surface area contributed by atoms with Crippen molar-refractivity contribution in [3.8, 4) is 0 Å². The van der Waals surface area contributed by atoms with Gasteiger partial charge in [-0.1, -0.05) is 109 Å². The van der Waals surface area contributed by atoms with Gasteiger partial charge in [0.15, 0.2) is 0 Å². The lowest BCUT2D eigenvalue weighted by molar-refractivity contribution is 0.535. The van der Waals surface area contributed by atoms with Crippen molar-refractivity contribution in [2.75, 3.05) is 0 Å². The van der Waals surface area contributed by atoms with Crippen LogP contribution in [0.3, 0.4) is 0 Å².